The average Bonchev–Trinajstić information content (AvgIpc) is 3.64. The summed E-state index contributed by atoms with van der Waals surface area (Å²) in [5, 5.41) is 9.78. The van der Waals surface area contributed by atoms with Crippen LogP contribution in [0.3, 0.4) is 0 Å². The minimum atomic E-state index is -0.823. The third kappa shape index (κ3) is 5.72. The van der Waals surface area contributed by atoms with Gasteiger partial charge in [0.15, 0.2) is 5.75 Å². The molecule has 5 rings (SSSR count). The van der Waals surface area contributed by atoms with E-state index in [9.17, 15) is 14.3 Å². The highest BCUT2D eigenvalue weighted by Crippen LogP contribution is 2.49. The van der Waals surface area contributed by atoms with Gasteiger partial charge in [-0.15, -0.1) is 0 Å². The number of methoxy groups -OCH3 is 1. The number of rotatable bonds is 9. The summed E-state index contributed by atoms with van der Waals surface area (Å²) >= 11 is 0. The number of nitrogens with zero attached hydrogens (tertiary/aromatic N) is 4. The zero-order chi connectivity index (χ0) is 25.3. The molecule has 1 aromatic heterocycles. The van der Waals surface area contributed by atoms with Crippen LogP contribution in [0.5, 0.6) is 11.5 Å². The molecule has 0 bridgehead atoms. The normalized spacial score (nSPS) is 23.2. The molecule has 194 valence electrons. The number of amides is 1. The zero-order valence-electron chi connectivity index (χ0n) is 21.0. The lowest BCUT2D eigenvalue weighted by Gasteiger charge is -2.44. The minimum Gasteiger partial charge on any atom is -0.494 e. The van der Waals surface area contributed by atoms with Crippen LogP contribution in [0.25, 0.3) is 0 Å². The molecule has 0 spiro atoms. The zero-order valence-corrected chi connectivity index (χ0v) is 21.0. The van der Waals surface area contributed by atoms with E-state index in [4.69, 9.17) is 9.47 Å². The molecule has 2 unspecified atom stereocenters. The Kier molecular flexibility index (Phi) is 7.01. The lowest BCUT2D eigenvalue weighted by molar-refractivity contribution is -0.151. The maximum absolute atomic E-state index is 14.5. The maximum Gasteiger partial charge on any atom is 0.227 e. The molecule has 36 heavy (non-hydrogen) atoms. The second-order valence-corrected chi connectivity index (χ2v) is 10.7. The SMILES string of the molecule is COc1cnc(N2CCC(C3CC3CCOc3ccc(CC(=O)N4CC(C)(O)C4)c(F)c3)CC2)nc1. The summed E-state index contributed by atoms with van der Waals surface area (Å²) in [6.45, 7) is 4.81. The molecule has 1 saturated carbocycles. The van der Waals surface area contributed by atoms with Crippen LogP contribution in [0, 0.1) is 23.6 Å². The van der Waals surface area contributed by atoms with E-state index in [1.807, 2.05) is 0 Å². The number of β-amino-alcohol motifs (C(OH)–C–C–N with tert-alkyl or cyclic N) is 1. The Hall–Kier alpha value is -2.94. The molecule has 1 aromatic carbocycles. The number of ether oxygens (including phenoxy) is 2. The molecule has 3 aliphatic rings. The number of aliphatic hydroxyl groups is 1. The number of anilines is 1. The summed E-state index contributed by atoms with van der Waals surface area (Å²) < 4.78 is 25.5. The van der Waals surface area contributed by atoms with Gasteiger partial charge in [0.2, 0.25) is 11.9 Å². The molecular weight excluding hydrogens is 463 g/mol. The van der Waals surface area contributed by atoms with E-state index >= 15 is 0 Å². The maximum atomic E-state index is 14.5. The van der Waals surface area contributed by atoms with Gasteiger partial charge in [-0.2, -0.15) is 0 Å². The van der Waals surface area contributed by atoms with Gasteiger partial charge >= 0.3 is 0 Å². The smallest absolute Gasteiger partial charge is 0.227 e. The van der Waals surface area contributed by atoms with Crippen LogP contribution in [0.2, 0.25) is 0 Å². The molecule has 2 aromatic rings. The molecular formula is C27H35FN4O4. The fourth-order valence-corrected chi connectivity index (χ4v) is 5.60. The van der Waals surface area contributed by atoms with E-state index in [0.717, 1.165) is 50.1 Å². The van der Waals surface area contributed by atoms with Crippen LogP contribution < -0.4 is 14.4 Å². The third-order valence-corrected chi connectivity index (χ3v) is 7.79. The Morgan fingerprint density at radius 1 is 1.19 bits per heavy atom. The largest absolute Gasteiger partial charge is 0.494 e. The Morgan fingerprint density at radius 3 is 2.56 bits per heavy atom. The summed E-state index contributed by atoms with van der Waals surface area (Å²) in [6, 6.07) is 4.73. The van der Waals surface area contributed by atoms with E-state index in [1.165, 1.54) is 12.5 Å². The highest BCUT2D eigenvalue weighted by Gasteiger charge is 2.43. The molecule has 8 nitrogen and oxygen atoms in total. The van der Waals surface area contributed by atoms with Gasteiger partial charge < -0.3 is 24.4 Å². The van der Waals surface area contributed by atoms with E-state index in [-0.39, 0.29) is 12.3 Å². The molecule has 9 heteroatoms. The first-order valence-electron chi connectivity index (χ1n) is 12.8. The molecule has 0 radical (unpaired) electrons. The molecule has 3 fully saturated rings. The number of hydrogen-bond acceptors (Lipinski definition) is 7. The van der Waals surface area contributed by atoms with E-state index < -0.39 is 11.4 Å². The van der Waals surface area contributed by atoms with Gasteiger partial charge in [-0.1, -0.05) is 6.07 Å². The number of likely N-dealkylation sites (tertiary alicyclic amines) is 1. The van der Waals surface area contributed by atoms with Crippen molar-refractivity contribution in [2.75, 3.05) is 44.8 Å². The molecule has 1 aliphatic carbocycles. The lowest BCUT2D eigenvalue weighted by atomic mass is 9.90. The number of benzene rings is 1. The second kappa shape index (κ2) is 10.2. The van der Waals surface area contributed by atoms with Crippen LogP contribution >= 0.6 is 0 Å². The number of halogens is 1. The summed E-state index contributed by atoms with van der Waals surface area (Å²) in [5.41, 5.74) is -0.469. The Labute approximate surface area is 211 Å². The van der Waals surface area contributed by atoms with Gasteiger partial charge in [0, 0.05) is 19.2 Å². The van der Waals surface area contributed by atoms with Crippen molar-refractivity contribution in [2.24, 2.45) is 17.8 Å². The highest BCUT2D eigenvalue weighted by atomic mass is 19.1. The van der Waals surface area contributed by atoms with Gasteiger partial charge in [0.1, 0.15) is 11.6 Å². The Morgan fingerprint density at radius 2 is 1.92 bits per heavy atom. The number of aromatic nitrogens is 2. The third-order valence-electron chi connectivity index (χ3n) is 7.79. The number of carbonyl (C=O) groups is 1. The summed E-state index contributed by atoms with van der Waals surface area (Å²) in [5.74, 6) is 3.50. The van der Waals surface area contributed by atoms with Crippen LogP contribution in [-0.4, -0.2) is 71.4 Å². The second-order valence-electron chi connectivity index (χ2n) is 10.7. The minimum absolute atomic E-state index is 0.00461. The van der Waals surface area contributed by atoms with Crippen molar-refractivity contribution < 1.29 is 23.8 Å². The molecule has 1 N–H and O–H groups in total. The molecule has 2 aliphatic heterocycles. The van der Waals surface area contributed by atoms with Crippen LogP contribution in [0.4, 0.5) is 10.3 Å². The first-order valence-corrected chi connectivity index (χ1v) is 12.8. The number of carbonyl (C=O) groups excluding carboxylic acids is 1. The Bertz CT molecular complexity index is 1060. The van der Waals surface area contributed by atoms with Gasteiger partial charge in [0.25, 0.3) is 0 Å². The predicted octanol–water partition coefficient (Wildman–Crippen LogP) is 3.08. The molecule has 2 atom stereocenters. The van der Waals surface area contributed by atoms with Crippen molar-refractivity contribution in [3.63, 3.8) is 0 Å². The predicted molar refractivity (Wildman–Crippen MR) is 133 cm³/mol. The first-order chi connectivity index (χ1) is 17.3. The highest BCUT2D eigenvalue weighted by molar-refractivity contribution is 5.80. The summed E-state index contributed by atoms with van der Waals surface area (Å²) in [7, 11) is 1.61. The van der Waals surface area contributed by atoms with Crippen LogP contribution in [0.15, 0.2) is 30.6 Å². The Balaban J connectivity index is 1.01. The van der Waals surface area contributed by atoms with Gasteiger partial charge in [-0.3, -0.25) is 4.79 Å². The van der Waals surface area contributed by atoms with Gasteiger partial charge in [-0.05, 0) is 62.0 Å². The quantitative estimate of drug-likeness (QED) is 0.569. The van der Waals surface area contributed by atoms with Gasteiger partial charge in [-0.25, -0.2) is 14.4 Å². The number of piperidine rings is 1. The van der Waals surface area contributed by atoms with Gasteiger partial charge in [0.05, 0.1) is 51.2 Å². The standard InChI is InChI=1S/C27H35FN4O4/c1-27(34)16-32(17-27)25(33)12-20-3-4-21(13-24(20)28)36-10-7-19-11-23(19)18-5-8-31(9-6-18)26-29-14-22(35-2)15-30-26/h3-4,13-15,18-19,23,34H,5-12,16-17H2,1-2H3. The average molecular weight is 499 g/mol. The van der Waals surface area contributed by atoms with Crippen molar-refractivity contribution in [3.8, 4) is 11.5 Å². The van der Waals surface area contributed by atoms with Crippen molar-refractivity contribution in [1.82, 2.24) is 14.9 Å². The molecule has 1 amide bonds. The molecule has 2 saturated heterocycles. The monoisotopic (exact) mass is 498 g/mol. The van der Waals surface area contributed by atoms with Crippen LogP contribution in [-0.2, 0) is 11.2 Å². The number of hydrogen-bond donors (Lipinski definition) is 1. The fourth-order valence-electron chi connectivity index (χ4n) is 5.60. The van der Waals surface area contributed by atoms with E-state index in [2.05, 4.69) is 14.9 Å². The lowest BCUT2D eigenvalue weighted by Crippen LogP contribution is -2.62. The summed E-state index contributed by atoms with van der Waals surface area (Å²) in [6.07, 6.45) is 7.94. The van der Waals surface area contributed by atoms with Crippen molar-refractivity contribution in [1.29, 1.82) is 0 Å². The summed E-state index contributed by atoms with van der Waals surface area (Å²) in [4.78, 5) is 24.9. The topological polar surface area (TPSA) is 88.0 Å². The van der Waals surface area contributed by atoms with Crippen molar-refractivity contribution in [3.05, 3.63) is 42.0 Å². The van der Waals surface area contributed by atoms with E-state index in [1.54, 1.807) is 43.5 Å². The first kappa shape index (κ1) is 24.7. The van der Waals surface area contributed by atoms with Crippen molar-refractivity contribution in [2.45, 2.75) is 44.6 Å². The molecule has 3 heterocycles. The van der Waals surface area contributed by atoms with Crippen LogP contribution in [0.1, 0.15) is 38.2 Å². The van der Waals surface area contributed by atoms with Crippen molar-refractivity contribution >= 4 is 11.9 Å². The fraction of sp³-hybridized carbons (Fsp3) is 0.593. The van der Waals surface area contributed by atoms with E-state index in [0.29, 0.717) is 42.7 Å².